The van der Waals surface area contributed by atoms with Crippen LogP contribution < -0.4 is 15.1 Å². The first kappa shape index (κ1) is 31.6. The average Bonchev–Trinajstić information content (AvgIpc) is 3.71. The molecule has 0 spiro atoms. The zero-order valence-electron chi connectivity index (χ0n) is 25.2. The zero-order valence-corrected chi connectivity index (χ0v) is 25.2. The number of amides is 2. The fraction of sp³-hybridized carbons (Fsp3) is 0.344. The van der Waals surface area contributed by atoms with Gasteiger partial charge in [0.25, 0.3) is 5.91 Å². The molecule has 4 aromatic rings. The van der Waals surface area contributed by atoms with E-state index in [9.17, 15) is 22.8 Å². The third-order valence-corrected chi connectivity index (χ3v) is 7.54. The summed E-state index contributed by atoms with van der Waals surface area (Å²) in [7, 11) is 3.68. The number of aromatic nitrogens is 4. The molecule has 3 aromatic carbocycles. The molecule has 2 unspecified atom stereocenters. The van der Waals surface area contributed by atoms with E-state index in [0.717, 1.165) is 39.9 Å². The summed E-state index contributed by atoms with van der Waals surface area (Å²) in [6.45, 7) is 2.07. The molecular weight excluding hydrogens is 587 g/mol. The normalized spacial score (nSPS) is 15.5. The van der Waals surface area contributed by atoms with Crippen LogP contribution in [-0.2, 0) is 27.0 Å². The van der Waals surface area contributed by atoms with E-state index in [1.54, 1.807) is 36.4 Å². The largest absolute Gasteiger partial charge is 0.418 e. The topological polar surface area (TPSA) is 105 Å². The molecule has 1 aliphatic rings. The fourth-order valence-corrected chi connectivity index (χ4v) is 5.16. The second kappa shape index (κ2) is 13.5. The number of anilines is 2. The van der Waals surface area contributed by atoms with E-state index in [-0.39, 0.29) is 18.5 Å². The van der Waals surface area contributed by atoms with E-state index in [4.69, 9.17) is 4.74 Å². The summed E-state index contributed by atoms with van der Waals surface area (Å²) < 4.78 is 48.8. The summed E-state index contributed by atoms with van der Waals surface area (Å²) in [5, 5.41) is 15.1. The predicted molar refractivity (Wildman–Crippen MR) is 162 cm³/mol. The highest BCUT2D eigenvalue weighted by atomic mass is 19.4. The van der Waals surface area contributed by atoms with Crippen molar-refractivity contribution in [3.63, 3.8) is 0 Å². The molecular formula is C32H34F3N7O3. The zero-order chi connectivity index (χ0) is 32.1. The quantitative estimate of drug-likeness (QED) is 0.271. The van der Waals surface area contributed by atoms with Gasteiger partial charge in [-0.3, -0.25) is 14.5 Å². The van der Waals surface area contributed by atoms with E-state index >= 15 is 0 Å². The Morgan fingerprint density at radius 1 is 1.04 bits per heavy atom. The number of nitrogens with one attached hydrogen (secondary N) is 1. The number of tetrazole rings is 1. The molecule has 1 aromatic heterocycles. The minimum atomic E-state index is -4.81. The third kappa shape index (κ3) is 7.48. The maximum absolute atomic E-state index is 14.4. The number of aryl methyl sites for hydroxylation is 1. The highest BCUT2D eigenvalue weighted by molar-refractivity contribution is 6.02. The van der Waals surface area contributed by atoms with Crippen LogP contribution in [0.4, 0.5) is 24.5 Å². The summed E-state index contributed by atoms with van der Waals surface area (Å²) in [6.07, 6.45) is -3.46. The number of nitrogens with zero attached hydrogens (tertiary/aromatic N) is 6. The lowest BCUT2D eigenvalue weighted by molar-refractivity contribution is -0.137. The van der Waals surface area contributed by atoms with Crippen LogP contribution in [0.5, 0.6) is 0 Å². The number of halogens is 3. The van der Waals surface area contributed by atoms with E-state index in [1.807, 2.05) is 38.1 Å². The number of carbonyl (C=O) groups excluding carboxylic acids is 2. The highest BCUT2D eigenvalue weighted by Gasteiger charge is 2.40. The van der Waals surface area contributed by atoms with Crippen LogP contribution in [0.2, 0.25) is 0 Å². The lowest BCUT2D eigenvalue weighted by Gasteiger charge is -2.33. The number of alkyl halides is 3. The number of ether oxygens (including phenoxy) is 1. The van der Waals surface area contributed by atoms with Crippen LogP contribution in [0, 0.1) is 6.92 Å². The summed E-state index contributed by atoms with van der Waals surface area (Å²) in [6, 6.07) is 17.3. The minimum absolute atomic E-state index is 0.151. The van der Waals surface area contributed by atoms with Gasteiger partial charge in [-0.05, 0) is 54.8 Å². The molecule has 0 radical (unpaired) electrons. The van der Waals surface area contributed by atoms with Crippen molar-refractivity contribution in [1.29, 1.82) is 0 Å². The van der Waals surface area contributed by atoms with Gasteiger partial charge in [-0.1, -0.05) is 54.1 Å². The van der Waals surface area contributed by atoms with Crippen molar-refractivity contribution >= 4 is 23.2 Å². The number of rotatable bonds is 10. The van der Waals surface area contributed by atoms with Crippen molar-refractivity contribution < 1.29 is 27.5 Å². The smallest absolute Gasteiger partial charge is 0.378 e. The second-order valence-corrected chi connectivity index (χ2v) is 11.1. The van der Waals surface area contributed by atoms with Crippen LogP contribution in [-0.4, -0.2) is 65.4 Å². The molecule has 10 nitrogen and oxygen atoms in total. The minimum Gasteiger partial charge on any atom is -0.378 e. The predicted octanol–water partition coefficient (Wildman–Crippen LogP) is 4.80. The first-order chi connectivity index (χ1) is 21.5. The first-order valence-electron chi connectivity index (χ1n) is 14.5. The van der Waals surface area contributed by atoms with Crippen molar-refractivity contribution in [1.82, 2.24) is 25.5 Å². The SMILES string of the molecule is Cc1ccc(-c2nnn(CC(=O)N(c3ccccc3C(F)(F)F)C(C(=O)NCC3CCCO3)c3ccc(N(C)C)cc3)n2)cc1. The maximum atomic E-state index is 14.4. The Labute approximate surface area is 258 Å². The Bertz CT molecular complexity index is 1620. The summed E-state index contributed by atoms with van der Waals surface area (Å²) in [5.74, 6) is -1.25. The van der Waals surface area contributed by atoms with Crippen LogP contribution in [0.15, 0.2) is 72.8 Å². The van der Waals surface area contributed by atoms with Gasteiger partial charge in [-0.15, -0.1) is 10.2 Å². The van der Waals surface area contributed by atoms with Gasteiger partial charge in [0.15, 0.2) is 0 Å². The molecule has 5 rings (SSSR count). The van der Waals surface area contributed by atoms with Gasteiger partial charge >= 0.3 is 6.18 Å². The van der Waals surface area contributed by atoms with Crippen LogP contribution in [0.25, 0.3) is 11.4 Å². The van der Waals surface area contributed by atoms with Gasteiger partial charge in [0.2, 0.25) is 11.7 Å². The van der Waals surface area contributed by atoms with E-state index in [1.165, 1.54) is 18.2 Å². The summed E-state index contributed by atoms with van der Waals surface area (Å²) >= 11 is 0. The molecule has 0 bridgehead atoms. The molecule has 2 atom stereocenters. The van der Waals surface area contributed by atoms with Crippen molar-refractivity contribution in [2.75, 3.05) is 37.0 Å². The molecule has 236 valence electrons. The Morgan fingerprint density at radius 3 is 2.40 bits per heavy atom. The third-order valence-electron chi connectivity index (χ3n) is 7.54. The summed E-state index contributed by atoms with van der Waals surface area (Å²) in [5.41, 5.74) is 1.28. The maximum Gasteiger partial charge on any atom is 0.418 e. The van der Waals surface area contributed by atoms with Gasteiger partial charge in [-0.2, -0.15) is 18.0 Å². The van der Waals surface area contributed by atoms with Crippen molar-refractivity contribution in [3.05, 3.63) is 89.5 Å². The van der Waals surface area contributed by atoms with Gasteiger partial charge in [0.05, 0.1) is 17.4 Å². The van der Waals surface area contributed by atoms with E-state index < -0.39 is 41.8 Å². The van der Waals surface area contributed by atoms with Gasteiger partial charge < -0.3 is 15.0 Å². The highest BCUT2D eigenvalue weighted by Crippen LogP contribution is 2.40. The molecule has 1 fully saturated rings. The fourth-order valence-electron chi connectivity index (χ4n) is 5.16. The van der Waals surface area contributed by atoms with Crippen molar-refractivity contribution in [2.24, 2.45) is 0 Å². The number of hydrogen-bond donors (Lipinski definition) is 1. The van der Waals surface area contributed by atoms with Crippen molar-refractivity contribution in [2.45, 2.75) is 44.6 Å². The molecule has 1 N–H and O–H groups in total. The molecule has 13 heteroatoms. The molecule has 0 aliphatic carbocycles. The van der Waals surface area contributed by atoms with Crippen LogP contribution in [0.1, 0.15) is 35.6 Å². The number of benzene rings is 3. The monoisotopic (exact) mass is 621 g/mol. The second-order valence-electron chi connectivity index (χ2n) is 11.1. The van der Waals surface area contributed by atoms with E-state index in [2.05, 4.69) is 20.7 Å². The molecule has 2 heterocycles. The average molecular weight is 622 g/mol. The van der Waals surface area contributed by atoms with Crippen LogP contribution >= 0.6 is 0 Å². The number of carbonyl (C=O) groups is 2. The van der Waals surface area contributed by atoms with Gasteiger partial charge in [-0.25, -0.2) is 0 Å². The molecule has 1 saturated heterocycles. The Kier molecular flexibility index (Phi) is 9.47. The molecule has 1 aliphatic heterocycles. The van der Waals surface area contributed by atoms with Crippen molar-refractivity contribution in [3.8, 4) is 11.4 Å². The summed E-state index contributed by atoms with van der Waals surface area (Å²) in [4.78, 5) is 31.9. The Morgan fingerprint density at radius 2 is 1.76 bits per heavy atom. The van der Waals surface area contributed by atoms with Crippen LogP contribution in [0.3, 0.4) is 0 Å². The molecule has 2 amide bonds. The lowest BCUT2D eigenvalue weighted by atomic mass is 10.0. The van der Waals surface area contributed by atoms with E-state index in [0.29, 0.717) is 17.7 Å². The first-order valence-corrected chi connectivity index (χ1v) is 14.5. The van der Waals surface area contributed by atoms with Gasteiger partial charge in [0, 0.05) is 38.5 Å². The lowest BCUT2D eigenvalue weighted by Crippen LogP contribution is -2.47. The molecule has 45 heavy (non-hydrogen) atoms. The molecule has 0 saturated carbocycles. The number of para-hydroxylation sites is 1. The number of hydrogen-bond acceptors (Lipinski definition) is 7. The standard InChI is InChI=1S/C32H34F3N7O3/c1-21-10-12-23(13-11-21)30-37-39-41(38-30)20-28(43)42(27-9-5-4-8-26(27)32(33,34)35)29(22-14-16-24(17-15-22)40(2)3)31(44)36-19-25-7-6-18-45-25/h4-5,8-17,25,29H,6-7,18-20H2,1-3H3,(H,36,44). The Hall–Kier alpha value is -4.78. The Balaban J connectivity index is 1.56. The van der Waals surface area contributed by atoms with Gasteiger partial charge in [0.1, 0.15) is 12.6 Å².